The van der Waals surface area contributed by atoms with Crippen LogP contribution in [0.25, 0.3) is 22.0 Å². The van der Waals surface area contributed by atoms with E-state index in [9.17, 15) is 9.59 Å². The van der Waals surface area contributed by atoms with Crippen LogP contribution in [0.2, 0.25) is 10.0 Å². The zero-order valence-electron chi connectivity index (χ0n) is 23.7. The van der Waals surface area contributed by atoms with E-state index in [1.807, 2.05) is 39.0 Å². The summed E-state index contributed by atoms with van der Waals surface area (Å²) in [4.78, 5) is 34.2. The Kier molecular flexibility index (Phi) is 9.29. The van der Waals surface area contributed by atoms with Crippen molar-refractivity contribution >= 4 is 51.9 Å². The van der Waals surface area contributed by atoms with Crippen LogP contribution in [-0.4, -0.2) is 53.7 Å². The number of benzene rings is 2. The number of methoxy groups -OCH3 is 2. The molecule has 1 amide bonds. The summed E-state index contributed by atoms with van der Waals surface area (Å²) in [7, 11) is 3.05. The van der Waals surface area contributed by atoms with Crippen molar-refractivity contribution in [2.45, 2.75) is 57.7 Å². The van der Waals surface area contributed by atoms with Crippen LogP contribution in [0.3, 0.4) is 0 Å². The van der Waals surface area contributed by atoms with E-state index in [1.54, 1.807) is 12.3 Å². The summed E-state index contributed by atoms with van der Waals surface area (Å²) in [5.41, 5.74) is 1.41. The molecule has 4 rings (SSSR count). The van der Waals surface area contributed by atoms with Crippen LogP contribution < -0.4 is 20.1 Å². The van der Waals surface area contributed by atoms with Gasteiger partial charge in [-0.3, -0.25) is 9.59 Å². The number of amides is 1. The molecule has 11 heteroatoms. The van der Waals surface area contributed by atoms with Gasteiger partial charge in [0.05, 0.1) is 41.7 Å². The Morgan fingerprint density at radius 3 is 2.34 bits per heavy atom. The minimum absolute atomic E-state index is 0.242. The maximum absolute atomic E-state index is 12.8. The number of aromatic nitrogens is 2. The van der Waals surface area contributed by atoms with Gasteiger partial charge in [0.25, 0.3) is 0 Å². The predicted octanol–water partition coefficient (Wildman–Crippen LogP) is 6.21. The Bertz CT molecular complexity index is 1450. The van der Waals surface area contributed by atoms with Crippen LogP contribution in [0.15, 0.2) is 43.1 Å². The quantitative estimate of drug-likeness (QED) is 0.232. The molecule has 1 aliphatic rings. The summed E-state index contributed by atoms with van der Waals surface area (Å²) < 4.78 is 16.4. The Balaban J connectivity index is 1.62. The van der Waals surface area contributed by atoms with Crippen molar-refractivity contribution in [3.05, 3.63) is 53.2 Å². The molecule has 0 radical (unpaired) electrons. The van der Waals surface area contributed by atoms with Gasteiger partial charge in [-0.05, 0) is 63.8 Å². The number of rotatable bonds is 8. The van der Waals surface area contributed by atoms with Crippen molar-refractivity contribution in [1.82, 2.24) is 15.3 Å². The molecule has 3 aromatic rings. The van der Waals surface area contributed by atoms with Gasteiger partial charge in [-0.2, -0.15) is 0 Å². The lowest BCUT2D eigenvalue weighted by atomic mass is 9.82. The molecule has 2 N–H and O–H groups in total. The van der Waals surface area contributed by atoms with Crippen LogP contribution in [-0.2, 0) is 14.3 Å². The first-order valence-electron chi connectivity index (χ1n) is 13.2. The third-order valence-electron chi connectivity index (χ3n) is 6.86. The molecule has 1 heterocycles. The Morgan fingerprint density at radius 1 is 1.05 bits per heavy atom. The molecule has 1 saturated carbocycles. The zero-order valence-corrected chi connectivity index (χ0v) is 25.2. The number of fused-ring (bicyclic) bond motifs is 1. The second kappa shape index (κ2) is 12.5. The third kappa shape index (κ3) is 7.02. The van der Waals surface area contributed by atoms with Gasteiger partial charge in [-0.1, -0.05) is 35.8 Å². The van der Waals surface area contributed by atoms with Crippen molar-refractivity contribution in [2.24, 2.45) is 5.92 Å². The highest BCUT2D eigenvalue weighted by Gasteiger charge is 2.37. The molecule has 9 nitrogen and oxygen atoms in total. The number of carbonyl (C=O) groups excluding carboxylic acids is 2. The van der Waals surface area contributed by atoms with E-state index in [0.29, 0.717) is 57.8 Å². The lowest BCUT2D eigenvalue weighted by Crippen LogP contribution is -2.51. The molecule has 1 fully saturated rings. The van der Waals surface area contributed by atoms with Crippen LogP contribution in [0.4, 0.5) is 5.95 Å². The van der Waals surface area contributed by atoms with E-state index < -0.39 is 5.60 Å². The molecule has 1 unspecified atom stereocenters. The number of anilines is 1. The monoisotopic (exact) mass is 600 g/mol. The molecule has 1 aromatic heterocycles. The number of ether oxygens (including phenoxy) is 3. The van der Waals surface area contributed by atoms with Crippen LogP contribution >= 0.6 is 23.2 Å². The lowest BCUT2D eigenvalue weighted by molar-refractivity contribution is -0.161. The number of carbonyl (C=O) groups is 2. The van der Waals surface area contributed by atoms with Gasteiger partial charge in [0, 0.05) is 29.3 Å². The van der Waals surface area contributed by atoms with Gasteiger partial charge >= 0.3 is 5.97 Å². The Morgan fingerprint density at radius 2 is 1.73 bits per heavy atom. The summed E-state index contributed by atoms with van der Waals surface area (Å²) in [6.45, 7) is 9.08. The highest BCUT2D eigenvalue weighted by atomic mass is 35.5. The zero-order chi connectivity index (χ0) is 29.9. The van der Waals surface area contributed by atoms with Gasteiger partial charge in [-0.15, -0.1) is 0 Å². The summed E-state index contributed by atoms with van der Waals surface area (Å²) in [5, 5.41) is 7.79. The van der Waals surface area contributed by atoms with Gasteiger partial charge < -0.3 is 24.8 Å². The van der Waals surface area contributed by atoms with E-state index in [0.717, 1.165) is 10.9 Å². The maximum Gasteiger partial charge on any atom is 0.309 e. The number of hydrogen-bond acceptors (Lipinski definition) is 8. The predicted molar refractivity (Wildman–Crippen MR) is 161 cm³/mol. The topological polar surface area (TPSA) is 112 Å². The van der Waals surface area contributed by atoms with Crippen molar-refractivity contribution in [1.29, 1.82) is 0 Å². The molecular weight excluding hydrogens is 567 g/mol. The summed E-state index contributed by atoms with van der Waals surface area (Å²) in [6.07, 6.45) is 4.56. The van der Waals surface area contributed by atoms with E-state index >= 15 is 0 Å². The normalized spacial score (nSPS) is 18.9. The van der Waals surface area contributed by atoms with E-state index in [4.69, 9.17) is 42.4 Å². The van der Waals surface area contributed by atoms with Gasteiger partial charge in [0.1, 0.15) is 17.1 Å². The molecule has 2 aromatic carbocycles. The molecule has 0 bridgehead atoms. The highest BCUT2D eigenvalue weighted by Crippen LogP contribution is 2.46. The molecule has 41 heavy (non-hydrogen) atoms. The average molecular weight is 602 g/mol. The van der Waals surface area contributed by atoms with Crippen molar-refractivity contribution in [3.8, 4) is 22.6 Å². The van der Waals surface area contributed by atoms with Crippen LogP contribution in [0, 0.1) is 5.92 Å². The lowest BCUT2D eigenvalue weighted by Gasteiger charge is -2.36. The number of nitrogens with zero attached hydrogens (tertiary/aromatic N) is 2. The first-order valence-corrected chi connectivity index (χ1v) is 14.0. The fourth-order valence-corrected chi connectivity index (χ4v) is 5.63. The fraction of sp³-hybridized carbons (Fsp3) is 0.400. The number of hydrogen-bond donors (Lipinski definition) is 2. The molecule has 218 valence electrons. The third-order valence-corrected chi connectivity index (χ3v) is 7.61. The number of nitrogens with one attached hydrogen (secondary N) is 2. The largest absolute Gasteiger partial charge is 0.495 e. The smallest absolute Gasteiger partial charge is 0.309 e. The molecule has 0 aliphatic heterocycles. The highest BCUT2D eigenvalue weighted by molar-refractivity contribution is 6.41. The van der Waals surface area contributed by atoms with Crippen LogP contribution in [0.1, 0.15) is 40.0 Å². The van der Waals surface area contributed by atoms with Gasteiger partial charge in [0.2, 0.25) is 11.9 Å². The molecule has 1 aliphatic carbocycles. The summed E-state index contributed by atoms with van der Waals surface area (Å²) in [5.74, 6) is 0.397. The van der Waals surface area contributed by atoms with E-state index in [1.165, 1.54) is 20.3 Å². The minimum Gasteiger partial charge on any atom is -0.495 e. The second-order valence-electron chi connectivity index (χ2n) is 10.9. The molecule has 0 saturated heterocycles. The first kappa shape index (κ1) is 30.4. The SMILES string of the molecule is C=CC(=O)N[C@H]1CCC(C(=O)OC(C)(C)C)C[C@H]1Nc1ncc2cc(-c3c(Cl)c(OC)cc(OC)c3Cl)ccc2n1. The van der Waals surface area contributed by atoms with Crippen LogP contribution in [0.5, 0.6) is 11.5 Å². The van der Waals surface area contributed by atoms with E-state index in [-0.39, 0.29) is 29.9 Å². The number of halogens is 2. The average Bonchev–Trinajstić information content (AvgIpc) is 2.93. The van der Waals surface area contributed by atoms with Crippen molar-refractivity contribution < 1.29 is 23.8 Å². The standard InChI is InChI=1S/C30H34Cl2N4O5/c1-7-24(37)34-20-11-9-17(28(38)41-30(2,3)4)13-21(20)36-29-33-15-18-12-16(8-10-19(18)35-29)25-26(31)22(39-5)14-23(40-6)27(25)32/h7-8,10,12,14-15,17,20-21H,1,9,11,13H2,2-6H3,(H,34,37)(H,33,35,36)/t17?,20-,21+/m0/s1. The second-order valence-corrected chi connectivity index (χ2v) is 11.6. The number of esters is 1. The minimum atomic E-state index is -0.585. The Hall–Kier alpha value is -3.56. The first-order chi connectivity index (χ1) is 19.4. The summed E-state index contributed by atoms with van der Waals surface area (Å²) >= 11 is 13.2. The molecule has 3 atom stereocenters. The van der Waals surface area contributed by atoms with Crippen molar-refractivity contribution in [3.63, 3.8) is 0 Å². The maximum atomic E-state index is 12.8. The van der Waals surface area contributed by atoms with E-state index in [2.05, 4.69) is 22.2 Å². The molecular formula is C30H34Cl2N4O5. The Labute approximate surface area is 249 Å². The summed E-state index contributed by atoms with van der Waals surface area (Å²) in [6, 6.07) is 6.68. The van der Waals surface area contributed by atoms with Gasteiger partial charge in [-0.25, -0.2) is 9.97 Å². The van der Waals surface area contributed by atoms with Crippen molar-refractivity contribution in [2.75, 3.05) is 19.5 Å². The van der Waals surface area contributed by atoms with Gasteiger partial charge in [0.15, 0.2) is 0 Å². The fourth-order valence-electron chi connectivity index (χ4n) is 4.91. The molecule has 0 spiro atoms.